The third kappa shape index (κ3) is 15.7. The van der Waals surface area contributed by atoms with Gasteiger partial charge in [0.05, 0.1) is 6.10 Å². The fraction of sp³-hybridized carbons (Fsp3) is 0.654. The van der Waals surface area contributed by atoms with Crippen molar-refractivity contribution >= 4 is 5.97 Å². The molecule has 0 spiro atoms. The van der Waals surface area contributed by atoms with E-state index in [0.717, 1.165) is 44.9 Å². The highest BCUT2D eigenvalue weighted by molar-refractivity contribution is 5.72. The number of carbonyl (C=O) groups is 1. The summed E-state index contributed by atoms with van der Waals surface area (Å²) in [5.41, 5.74) is 5.52. The van der Waals surface area contributed by atoms with Gasteiger partial charge in [0.2, 0.25) is 0 Å². The Kier molecular flexibility index (Phi) is 16.0. The lowest BCUT2D eigenvalue weighted by molar-refractivity contribution is -0.158. The zero-order chi connectivity index (χ0) is 23.8. The Balaban J connectivity index is 4.10. The first-order chi connectivity index (χ1) is 14.5. The molecule has 1 unspecified atom stereocenters. The SMILES string of the molecule is CC(C)=CCCC(C)=CCCC(C)=CCCC(C)=CCCCC(O)[C@H](O)[C@H](O)C(=O)O. The van der Waals surface area contributed by atoms with Crippen LogP contribution in [-0.4, -0.2) is 44.7 Å². The smallest absolute Gasteiger partial charge is 0.335 e. The molecule has 0 aromatic heterocycles. The van der Waals surface area contributed by atoms with Crippen LogP contribution < -0.4 is 0 Å². The van der Waals surface area contributed by atoms with Gasteiger partial charge in [0, 0.05) is 0 Å². The van der Waals surface area contributed by atoms with E-state index in [-0.39, 0.29) is 6.42 Å². The van der Waals surface area contributed by atoms with Gasteiger partial charge in [0.25, 0.3) is 0 Å². The van der Waals surface area contributed by atoms with E-state index in [1.165, 1.54) is 22.3 Å². The van der Waals surface area contributed by atoms with Gasteiger partial charge in [-0.25, -0.2) is 4.79 Å². The van der Waals surface area contributed by atoms with Crippen molar-refractivity contribution in [2.24, 2.45) is 0 Å². The molecule has 0 amide bonds. The molecular formula is C26H44O5. The van der Waals surface area contributed by atoms with E-state index in [1.807, 2.05) is 0 Å². The molecule has 0 rings (SSSR count). The summed E-state index contributed by atoms with van der Waals surface area (Å²) in [5.74, 6) is -1.53. The van der Waals surface area contributed by atoms with E-state index < -0.39 is 24.3 Å². The molecule has 3 atom stereocenters. The van der Waals surface area contributed by atoms with Crippen LogP contribution in [0.25, 0.3) is 0 Å². The second-order valence-corrected chi connectivity index (χ2v) is 8.82. The first kappa shape index (κ1) is 29.3. The Hall–Kier alpha value is -1.69. The predicted octanol–water partition coefficient (Wildman–Crippen LogP) is 5.47. The second-order valence-electron chi connectivity index (χ2n) is 8.82. The molecule has 0 aliphatic rings. The minimum atomic E-state index is -1.95. The van der Waals surface area contributed by atoms with Crippen LogP contribution in [0.3, 0.4) is 0 Å². The van der Waals surface area contributed by atoms with Gasteiger partial charge >= 0.3 is 5.97 Å². The minimum absolute atomic E-state index is 0.246. The third-order valence-corrected chi connectivity index (χ3v) is 5.32. The Morgan fingerprint density at radius 3 is 1.55 bits per heavy atom. The Morgan fingerprint density at radius 1 is 0.710 bits per heavy atom. The highest BCUT2D eigenvalue weighted by Crippen LogP contribution is 2.15. The van der Waals surface area contributed by atoms with Gasteiger partial charge in [0.15, 0.2) is 6.10 Å². The summed E-state index contributed by atoms with van der Waals surface area (Å²) in [7, 11) is 0. The minimum Gasteiger partial charge on any atom is -0.479 e. The van der Waals surface area contributed by atoms with Crippen LogP contribution in [0.1, 0.15) is 92.4 Å². The van der Waals surface area contributed by atoms with Crippen molar-refractivity contribution < 1.29 is 25.2 Å². The summed E-state index contributed by atoms with van der Waals surface area (Å²) in [5, 5.41) is 37.2. The van der Waals surface area contributed by atoms with Gasteiger partial charge in [-0.3, -0.25) is 0 Å². The van der Waals surface area contributed by atoms with Crippen LogP contribution in [-0.2, 0) is 4.79 Å². The standard InChI is InChI=1S/C26H44O5/c1-19(2)11-8-13-21(4)15-10-17-22(5)16-9-14-20(3)12-6-7-18-23(27)24(28)25(29)26(30)31/h11-12,15-16,23-25,27-29H,6-10,13-14,17-18H2,1-5H3,(H,30,31)/t23?,24-,25-/m0/s1. The predicted molar refractivity (Wildman–Crippen MR) is 128 cm³/mol. The average molecular weight is 437 g/mol. The van der Waals surface area contributed by atoms with Gasteiger partial charge in [-0.15, -0.1) is 0 Å². The molecule has 0 aliphatic heterocycles. The molecule has 0 radical (unpaired) electrons. The summed E-state index contributed by atoms with van der Waals surface area (Å²) in [6, 6.07) is 0. The van der Waals surface area contributed by atoms with E-state index in [0.29, 0.717) is 6.42 Å². The second kappa shape index (κ2) is 16.9. The van der Waals surface area contributed by atoms with Gasteiger partial charge in [-0.1, -0.05) is 46.6 Å². The van der Waals surface area contributed by atoms with Crippen molar-refractivity contribution in [3.05, 3.63) is 46.6 Å². The number of rotatable bonds is 16. The van der Waals surface area contributed by atoms with Gasteiger partial charge in [-0.2, -0.15) is 0 Å². The fourth-order valence-electron chi connectivity index (χ4n) is 3.19. The first-order valence-corrected chi connectivity index (χ1v) is 11.4. The van der Waals surface area contributed by atoms with E-state index in [1.54, 1.807) is 0 Å². The van der Waals surface area contributed by atoms with E-state index in [4.69, 9.17) is 5.11 Å². The third-order valence-electron chi connectivity index (χ3n) is 5.32. The zero-order valence-corrected chi connectivity index (χ0v) is 20.1. The molecule has 178 valence electrons. The molecule has 0 saturated carbocycles. The molecule has 0 aromatic carbocycles. The van der Waals surface area contributed by atoms with Crippen molar-refractivity contribution in [3.8, 4) is 0 Å². The van der Waals surface area contributed by atoms with Crippen molar-refractivity contribution in [3.63, 3.8) is 0 Å². The Bertz CT molecular complexity index is 638. The number of aliphatic hydroxyl groups excluding tert-OH is 3. The summed E-state index contributed by atoms with van der Waals surface area (Å²) in [6.45, 7) is 10.7. The first-order valence-electron chi connectivity index (χ1n) is 11.4. The monoisotopic (exact) mass is 436 g/mol. The molecule has 0 bridgehead atoms. The normalized spacial score (nSPS) is 16.1. The lowest BCUT2D eigenvalue weighted by Gasteiger charge is -2.19. The molecule has 0 aliphatic carbocycles. The number of aliphatic hydroxyl groups is 3. The average Bonchev–Trinajstić information content (AvgIpc) is 2.69. The molecule has 0 aromatic rings. The quantitative estimate of drug-likeness (QED) is 0.190. The number of carboxylic acid groups (broad SMARTS) is 1. The summed E-state index contributed by atoms with van der Waals surface area (Å²) in [4.78, 5) is 10.6. The zero-order valence-electron chi connectivity index (χ0n) is 20.1. The van der Waals surface area contributed by atoms with E-state index in [9.17, 15) is 20.1 Å². The summed E-state index contributed by atoms with van der Waals surface area (Å²) in [6.07, 6.45) is 12.2. The van der Waals surface area contributed by atoms with Crippen LogP contribution in [0.5, 0.6) is 0 Å². The molecule has 4 N–H and O–H groups in total. The van der Waals surface area contributed by atoms with Crippen LogP contribution in [0, 0.1) is 0 Å². The molecule has 0 fully saturated rings. The van der Waals surface area contributed by atoms with Crippen LogP contribution in [0.4, 0.5) is 0 Å². The highest BCUT2D eigenvalue weighted by Gasteiger charge is 2.29. The number of aliphatic carboxylic acids is 1. The largest absolute Gasteiger partial charge is 0.479 e. The molecule has 31 heavy (non-hydrogen) atoms. The van der Waals surface area contributed by atoms with Crippen molar-refractivity contribution in [2.45, 2.75) is 111 Å². The summed E-state index contributed by atoms with van der Waals surface area (Å²) >= 11 is 0. The van der Waals surface area contributed by atoms with Gasteiger partial charge < -0.3 is 20.4 Å². The van der Waals surface area contributed by atoms with Crippen LogP contribution >= 0.6 is 0 Å². The van der Waals surface area contributed by atoms with Crippen LogP contribution in [0.15, 0.2) is 46.6 Å². The number of hydrogen-bond acceptors (Lipinski definition) is 4. The number of unbranched alkanes of at least 4 members (excludes halogenated alkanes) is 1. The molecule has 0 heterocycles. The van der Waals surface area contributed by atoms with Gasteiger partial charge in [-0.05, 0) is 92.4 Å². The maximum Gasteiger partial charge on any atom is 0.335 e. The van der Waals surface area contributed by atoms with Gasteiger partial charge in [0.1, 0.15) is 6.10 Å². The lowest BCUT2D eigenvalue weighted by Crippen LogP contribution is -2.42. The van der Waals surface area contributed by atoms with Crippen molar-refractivity contribution in [1.82, 2.24) is 0 Å². The van der Waals surface area contributed by atoms with E-state index in [2.05, 4.69) is 58.9 Å². The maximum absolute atomic E-state index is 10.6. The maximum atomic E-state index is 10.6. The van der Waals surface area contributed by atoms with E-state index >= 15 is 0 Å². The number of hydrogen-bond donors (Lipinski definition) is 4. The number of carboxylic acids is 1. The molecule has 5 heteroatoms. The molecule has 0 saturated heterocycles. The molecular weight excluding hydrogens is 392 g/mol. The van der Waals surface area contributed by atoms with Crippen molar-refractivity contribution in [1.29, 1.82) is 0 Å². The lowest BCUT2D eigenvalue weighted by atomic mass is 10.0. The van der Waals surface area contributed by atoms with Crippen LogP contribution in [0.2, 0.25) is 0 Å². The summed E-state index contributed by atoms with van der Waals surface area (Å²) < 4.78 is 0. The highest BCUT2D eigenvalue weighted by atomic mass is 16.4. The fourth-order valence-corrected chi connectivity index (χ4v) is 3.19. The Morgan fingerprint density at radius 2 is 1.13 bits per heavy atom. The van der Waals surface area contributed by atoms with Crippen molar-refractivity contribution in [2.75, 3.05) is 0 Å². The topological polar surface area (TPSA) is 98.0 Å². The Labute approximate surface area is 188 Å². The number of allylic oxidation sites excluding steroid dienone is 8. The molecule has 5 nitrogen and oxygen atoms in total.